The van der Waals surface area contributed by atoms with Crippen LogP contribution in [-0.4, -0.2) is 41.5 Å². The van der Waals surface area contributed by atoms with Gasteiger partial charge < -0.3 is 15.4 Å². The Hall–Kier alpha value is -1.40. The van der Waals surface area contributed by atoms with E-state index in [-0.39, 0.29) is 5.91 Å². The first-order valence-electron chi connectivity index (χ1n) is 6.30. The summed E-state index contributed by atoms with van der Waals surface area (Å²) in [4.78, 5) is 12.1. The molecule has 1 fully saturated rings. The van der Waals surface area contributed by atoms with Gasteiger partial charge in [-0.25, -0.2) is 0 Å². The van der Waals surface area contributed by atoms with Crippen LogP contribution in [0.3, 0.4) is 0 Å². The van der Waals surface area contributed by atoms with E-state index >= 15 is 0 Å². The lowest BCUT2D eigenvalue weighted by Gasteiger charge is -2.22. The summed E-state index contributed by atoms with van der Waals surface area (Å²) in [6.07, 6.45) is -0.414. The van der Waals surface area contributed by atoms with Crippen LogP contribution in [0.25, 0.3) is 0 Å². The third-order valence-electron chi connectivity index (χ3n) is 3.15. The summed E-state index contributed by atoms with van der Waals surface area (Å²) in [6, 6.07) is 0. The third kappa shape index (κ3) is 2.54. The Kier molecular flexibility index (Phi) is 3.98. The minimum Gasteiger partial charge on any atom is -0.366 e. The predicted molar refractivity (Wildman–Crippen MR) is 68.6 cm³/mol. The number of amides is 1. The fraction of sp³-hybridized carbons (Fsp3) is 0.667. The number of ether oxygens (including phenoxy) is 1. The van der Waals surface area contributed by atoms with Crippen LogP contribution in [0, 0.1) is 13.8 Å². The van der Waals surface area contributed by atoms with Crippen LogP contribution in [0.5, 0.6) is 0 Å². The lowest BCUT2D eigenvalue weighted by molar-refractivity contribution is -0.128. The average molecular weight is 252 g/mol. The number of hydrogen-bond donors (Lipinski definition) is 2. The van der Waals surface area contributed by atoms with E-state index in [1.807, 2.05) is 25.5 Å². The SMILES string of the molecule is CCn1nc(C)c(NC(=O)C2CNCCO2)c1C. The van der Waals surface area contributed by atoms with E-state index < -0.39 is 6.10 Å². The van der Waals surface area contributed by atoms with Gasteiger partial charge in [-0.1, -0.05) is 0 Å². The number of rotatable bonds is 3. The molecule has 1 atom stereocenters. The highest BCUT2D eigenvalue weighted by Crippen LogP contribution is 2.19. The third-order valence-corrected chi connectivity index (χ3v) is 3.15. The quantitative estimate of drug-likeness (QED) is 0.819. The highest BCUT2D eigenvalue weighted by Gasteiger charge is 2.23. The second-order valence-electron chi connectivity index (χ2n) is 4.41. The van der Waals surface area contributed by atoms with E-state index in [0.29, 0.717) is 13.2 Å². The lowest BCUT2D eigenvalue weighted by Crippen LogP contribution is -2.45. The molecule has 6 heteroatoms. The Balaban J connectivity index is 2.08. The fourth-order valence-corrected chi connectivity index (χ4v) is 2.12. The summed E-state index contributed by atoms with van der Waals surface area (Å²) < 4.78 is 7.30. The van der Waals surface area contributed by atoms with Gasteiger partial charge in [0.25, 0.3) is 5.91 Å². The summed E-state index contributed by atoms with van der Waals surface area (Å²) in [5.74, 6) is -0.107. The number of hydrogen-bond acceptors (Lipinski definition) is 4. The van der Waals surface area contributed by atoms with Crippen LogP contribution in [0.1, 0.15) is 18.3 Å². The number of aromatic nitrogens is 2. The first-order chi connectivity index (χ1) is 8.63. The van der Waals surface area contributed by atoms with Gasteiger partial charge in [-0.3, -0.25) is 9.48 Å². The molecule has 2 rings (SSSR count). The van der Waals surface area contributed by atoms with Crippen molar-refractivity contribution in [2.24, 2.45) is 0 Å². The summed E-state index contributed by atoms with van der Waals surface area (Å²) in [7, 11) is 0. The molecule has 100 valence electrons. The summed E-state index contributed by atoms with van der Waals surface area (Å²) >= 11 is 0. The molecule has 0 bridgehead atoms. The Morgan fingerprint density at radius 2 is 2.39 bits per heavy atom. The highest BCUT2D eigenvalue weighted by atomic mass is 16.5. The number of nitrogens with zero attached hydrogens (tertiary/aromatic N) is 2. The molecule has 2 N–H and O–H groups in total. The first-order valence-corrected chi connectivity index (χ1v) is 6.30. The maximum Gasteiger partial charge on any atom is 0.254 e. The average Bonchev–Trinajstić information content (AvgIpc) is 2.67. The van der Waals surface area contributed by atoms with Crippen LogP contribution >= 0.6 is 0 Å². The van der Waals surface area contributed by atoms with E-state index in [4.69, 9.17) is 4.74 Å². The number of nitrogens with one attached hydrogen (secondary N) is 2. The number of aryl methyl sites for hydroxylation is 2. The summed E-state index contributed by atoms with van der Waals surface area (Å²) in [5, 5.41) is 10.4. The normalized spacial score (nSPS) is 19.8. The number of carbonyl (C=O) groups is 1. The van der Waals surface area contributed by atoms with Crippen LogP contribution < -0.4 is 10.6 Å². The van der Waals surface area contributed by atoms with Gasteiger partial charge in [-0.05, 0) is 20.8 Å². The highest BCUT2D eigenvalue weighted by molar-refractivity contribution is 5.95. The minimum absolute atomic E-state index is 0.107. The van der Waals surface area contributed by atoms with Crippen molar-refractivity contribution in [3.8, 4) is 0 Å². The van der Waals surface area contributed by atoms with Crippen molar-refractivity contribution in [2.45, 2.75) is 33.4 Å². The van der Waals surface area contributed by atoms with E-state index in [1.54, 1.807) is 0 Å². The van der Waals surface area contributed by atoms with Gasteiger partial charge in [0.15, 0.2) is 0 Å². The Morgan fingerprint density at radius 1 is 1.61 bits per heavy atom. The predicted octanol–water partition coefficient (Wildman–Crippen LogP) is 0.447. The van der Waals surface area contributed by atoms with Crippen molar-refractivity contribution in [3.05, 3.63) is 11.4 Å². The van der Waals surface area contributed by atoms with E-state index in [1.165, 1.54) is 0 Å². The zero-order valence-corrected chi connectivity index (χ0v) is 11.1. The lowest BCUT2D eigenvalue weighted by atomic mass is 10.2. The molecule has 1 aliphatic heterocycles. The molecule has 18 heavy (non-hydrogen) atoms. The molecule has 1 aromatic rings. The molecule has 1 unspecified atom stereocenters. The maximum atomic E-state index is 12.1. The number of anilines is 1. The molecule has 1 aromatic heterocycles. The molecule has 0 aromatic carbocycles. The Morgan fingerprint density at radius 3 is 2.94 bits per heavy atom. The van der Waals surface area contributed by atoms with Crippen LogP contribution in [0.2, 0.25) is 0 Å². The molecule has 1 saturated heterocycles. The second kappa shape index (κ2) is 5.49. The largest absolute Gasteiger partial charge is 0.366 e. The standard InChI is InChI=1S/C12H20N4O2/c1-4-16-9(3)11(8(2)15-16)14-12(17)10-7-13-5-6-18-10/h10,13H,4-7H2,1-3H3,(H,14,17). The molecule has 1 amide bonds. The zero-order valence-electron chi connectivity index (χ0n) is 11.1. The molecule has 0 saturated carbocycles. The fourth-order valence-electron chi connectivity index (χ4n) is 2.12. The van der Waals surface area contributed by atoms with Gasteiger partial charge >= 0.3 is 0 Å². The van der Waals surface area contributed by atoms with E-state index in [0.717, 1.165) is 30.2 Å². The minimum atomic E-state index is -0.414. The molecule has 0 spiro atoms. The monoisotopic (exact) mass is 252 g/mol. The van der Waals surface area contributed by atoms with E-state index in [9.17, 15) is 4.79 Å². The molecule has 0 aliphatic carbocycles. The van der Waals surface area contributed by atoms with Gasteiger partial charge in [-0.2, -0.15) is 5.10 Å². The van der Waals surface area contributed by atoms with Crippen LogP contribution in [-0.2, 0) is 16.1 Å². The van der Waals surface area contributed by atoms with Gasteiger partial charge in [-0.15, -0.1) is 0 Å². The molecule has 2 heterocycles. The van der Waals surface area contributed by atoms with Crippen molar-refractivity contribution < 1.29 is 9.53 Å². The smallest absolute Gasteiger partial charge is 0.254 e. The van der Waals surface area contributed by atoms with Crippen molar-refractivity contribution in [1.82, 2.24) is 15.1 Å². The zero-order chi connectivity index (χ0) is 13.1. The van der Waals surface area contributed by atoms with E-state index in [2.05, 4.69) is 15.7 Å². The molecular weight excluding hydrogens is 232 g/mol. The van der Waals surface area contributed by atoms with Crippen molar-refractivity contribution >= 4 is 11.6 Å². The topological polar surface area (TPSA) is 68.2 Å². The molecule has 0 radical (unpaired) electrons. The Labute approximate surface area is 107 Å². The van der Waals surface area contributed by atoms with Crippen LogP contribution in [0.15, 0.2) is 0 Å². The molecule has 1 aliphatic rings. The van der Waals surface area contributed by atoms with Gasteiger partial charge in [0, 0.05) is 19.6 Å². The van der Waals surface area contributed by atoms with Gasteiger partial charge in [0.2, 0.25) is 0 Å². The number of carbonyl (C=O) groups excluding carboxylic acids is 1. The van der Waals surface area contributed by atoms with Crippen molar-refractivity contribution in [2.75, 3.05) is 25.0 Å². The van der Waals surface area contributed by atoms with Crippen LogP contribution in [0.4, 0.5) is 5.69 Å². The van der Waals surface area contributed by atoms with Gasteiger partial charge in [0.05, 0.1) is 23.7 Å². The van der Waals surface area contributed by atoms with Gasteiger partial charge in [0.1, 0.15) is 6.10 Å². The summed E-state index contributed by atoms with van der Waals surface area (Å²) in [6.45, 7) is 8.61. The molecular formula is C12H20N4O2. The first kappa shape index (κ1) is 13.0. The van der Waals surface area contributed by atoms with Crippen molar-refractivity contribution in [1.29, 1.82) is 0 Å². The molecule has 6 nitrogen and oxygen atoms in total. The summed E-state index contributed by atoms with van der Waals surface area (Å²) in [5.41, 5.74) is 2.62. The Bertz CT molecular complexity index is 436. The van der Waals surface area contributed by atoms with Crippen molar-refractivity contribution in [3.63, 3.8) is 0 Å². The number of morpholine rings is 1. The second-order valence-corrected chi connectivity index (χ2v) is 4.41. The maximum absolute atomic E-state index is 12.1.